The van der Waals surface area contributed by atoms with E-state index in [0.29, 0.717) is 0 Å². The summed E-state index contributed by atoms with van der Waals surface area (Å²) >= 11 is 1.27. The molecular formula is C22H22Cl2HfO-2. The smallest absolute Gasteiger partial charge is 0.109 e. The predicted octanol–water partition coefficient (Wildman–Crippen LogP) is -0.220. The van der Waals surface area contributed by atoms with Gasteiger partial charge in [0, 0.05) is 0 Å². The van der Waals surface area contributed by atoms with Gasteiger partial charge in [-0.1, -0.05) is 29.7 Å². The molecule has 4 rings (SSSR count). The van der Waals surface area contributed by atoms with Crippen LogP contribution in [0.15, 0.2) is 66.8 Å². The van der Waals surface area contributed by atoms with Crippen LogP contribution in [0.1, 0.15) is 20.3 Å². The third-order valence-corrected chi connectivity index (χ3v) is 3.41. The second-order valence-electron chi connectivity index (χ2n) is 5.66. The van der Waals surface area contributed by atoms with Crippen LogP contribution in [0.5, 0.6) is 5.75 Å². The molecule has 3 aromatic carbocycles. The van der Waals surface area contributed by atoms with Crippen LogP contribution >= 0.6 is 0 Å². The van der Waals surface area contributed by atoms with Gasteiger partial charge in [0.1, 0.15) is 0 Å². The van der Waals surface area contributed by atoms with Crippen molar-refractivity contribution in [3.8, 4) is 5.75 Å². The Labute approximate surface area is 183 Å². The molecule has 0 atom stereocenters. The number of allylic oxidation sites excluding steroid dienone is 4. The number of ether oxygens (including phenoxy) is 1. The van der Waals surface area contributed by atoms with Crippen LogP contribution in [0.4, 0.5) is 0 Å². The molecule has 3 aromatic rings. The minimum atomic E-state index is 0. The van der Waals surface area contributed by atoms with E-state index in [4.69, 9.17) is 4.74 Å². The van der Waals surface area contributed by atoms with Crippen molar-refractivity contribution in [3.63, 3.8) is 0 Å². The van der Waals surface area contributed by atoms with E-state index < -0.39 is 0 Å². The molecule has 0 unspecified atom stereocenters. The number of fused-ring (bicyclic) bond motifs is 3. The van der Waals surface area contributed by atoms with Crippen molar-refractivity contribution in [1.82, 2.24) is 0 Å². The summed E-state index contributed by atoms with van der Waals surface area (Å²) in [6.45, 7) is 4.29. The molecule has 0 fully saturated rings. The van der Waals surface area contributed by atoms with E-state index in [0.717, 1.165) is 12.2 Å². The molecule has 136 valence electrons. The van der Waals surface area contributed by atoms with Gasteiger partial charge >= 0.3 is 41.0 Å². The first-order chi connectivity index (χ1) is 11.6. The first kappa shape index (κ1) is 24.9. The summed E-state index contributed by atoms with van der Waals surface area (Å²) in [5.41, 5.74) is 0. The summed E-state index contributed by atoms with van der Waals surface area (Å²) in [6.07, 6.45) is 10.0. The Hall–Kier alpha value is -1.09. The van der Waals surface area contributed by atoms with Gasteiger partial charge in [-0.25, -0.2) is 12.2 Å². The molecule has 0 aromatic heterocycles. The minimum Gasteiger partial charge on any atom is -1.00 e. The molecule has 1 aliphatic carbocycles. The van der Waals surface area contributed by atoms with E-state index in [1.165, 1.54) is 45.4 Å². The molecule has 0 N–H and O–H groups in total. The Morgan fingerprint density at radius 3 is 2.23 bits per heavy atom. The van der Waals surface area contributed by atoms with Gasteiger partial charge in [0.2, 0.25) is 0 Å². The summed E-state index contributed by atoms with van der Waals surface area (Å²) in [7, 11) is 1.72. The number of halogens is 2. The first-order valence-corrected chi connectivity index (χ1v) is 9.77. The predicted molar refractivity (Wildman–Crippen MR) is 102 cm³/mol. The van der Waals surface area contributed by atoms with Crippen LogP contribution in [0.3, 0.4) is 0 Å². The normalized spacial score (nSPS) is 10.8. The zero-order valence-electron chi connectivity index (χ0n) is 15.2. The molecule has 0 saturated heterocycles. The molecule has 0 aliphatic heterocycles. The first-order valence-electron chi connectivity index (χ1n) is 7.98. The quantitative estimate of drug-likeness (QED) is 0.300. The third-order valence-electron chi connectivity index (χ3n) is 3.41. The van der Waals surface area contributed by atoms with Crippen LogP contribution in [0, 0.1) is 6.08 Å². The fourth-order valence-electron chi connectivity index (χ4n) is 2.48. The van der Waals surface area contributed by atoms with Crippen molar-refractivity contribution in [2.24, 2.45) is 0 Å². The average Bonchev–Trinajstić information content (AvgIpc) is 3.25. The second kappa shape index (κ2) is 13.1. The van der Waals surface area contributed by atoms with Crippen molar-refractivity contribution in [2.75, 3.05) is 7.11 Å². The van der Waals surface area contributed by atoms with Gasteiger partial charge in [0.05, 0.1) is 12.9 Å². The van der Waals surface area contributed by atoms with E-state index in [1.807, 2.05) is 24.3 Å². The maximum absolute atomic E-state index is 5.39. The molecule has 0 radical (unpaired) electrons. The summed E-state index contributed by atoms with van der Waals surface area (Å²) < 4.78 is 6.95. The second-order valence-corrected chi connectivity index (χ2v) is 9.25. The zero-order valence-corrected chi connectivity index (χ0v) is 20.3. The number of benzene rings is 2. The molecule has 0 amide bonds. The van der Waals surface area contributed by atoms with Crippen molar-refractivity contribution in [3.05, 3.63) is 72.8 Å². The molecule has 0 heterocycles. The molecule has 4 heteroatoms. The standard InChI is InChI=1S/C14H11O.C5H5.C3H6.2ClH.Hf/c1-15-13-8-4-6-11-9-10-5-2-3-7-12(10)14(11)13;1-2-4-5-3-1;1-3-2;;;/h2-9H,1H3;1-3H,4H2;1-2H3;2*1H;/q2*-1;;;;+2/p-2. The van der Waals surface area contributed by atoms with Gasteiger partial charge in [0.15, 0.2) is 0 Å². The Balaban J connectivity index is 0.000000480. The van der Waals surface area contributed by atoms with Gasteiger partial charge in [0.25, 0.3) is 0 Å². The topological polar surface area (TPSA) is 9.23 Å². The van der Waals surface area contributed by atoms with Gasteiger partial charge in [-0.3, -0.25) is 6.08 Å². The van der Waals surface area contributed by atoms with Crippen LogP contribution < -0.4 is 29.6 Å². The SMILES string of the molecule is COc1cccc2[cH-]c3ccccc3c12.C[C](C)=[Hf+2].[C-]1=CC=CC1.[Cl-].[Cl-]. The van der Waals surface area contributed by atoms with Crippen molar-refractivity contribution >= 4 is 24.8 Å². The van der Waals surface area contributed by atoms with Gasteiger partial charge < -0.3 is 29.6 Å². The number of rotatable bonds is 1. The largest absolute Gasteiger partial charge is 1.00 e. The van der Waals surface area contributed by atoms with Crippen LogP contribution in [0.2, 0.25) is 0 Å². The van der Waals surface area contributed by atoms with E-state index in [9.17, 15) is 0 Å². The average molecular weight is 552 g/mol. The van der Waals surface area contributed by atoms with E-state index >= 15 is 0 Å². The number of hydrogen-bond donors (Lipinski definition) is 0. The minimum absolute atomic E-state index is 0. The molecular weight excluding hydrogens is 530 g/mol. The van der Waals surface area contributed by atoms with Crippen LogP contribution in [-0.4, -0.2) is 10.4 Å². The van der Waals surface area contributed by atoms with Crippen molar-refractivity contribution < 1.29 is 53.4 Å². The van der Waals surface area contributed by atoms with E-state index in [1.54, 1.807) is 10.4 Å². The van der Waals surface area contributed by atoms with Crippen LogP contribution in [-0.2, 0) is 23.9 Å². The Morgan fingerprint density at radius 2 is 1.69 bits per heavy atom. The Bertz CT molecular complexity index is 864. The fourth-order valence-corrected chi connectivity index (χ4v) is 2.48. The monoisotopic (exact) mass is 552 g/mol. The molecule has 1 nitrogen and oxygen atoms in total. The summed E-state index contributed by atoms with van der Waals surface area (Å²) in [4.78, 5) is 0. The molecule has 0 bridgehead atoms. The fraction of sp³-hybridized carbons (Fsp3) is 0.182. The van der Waals surface area contributed by atoms with Gasteiger partial charge in [-0.15, -0.1) is 40.8 Å². The molecule has 0 saturated carbocycles. The van der Waals surface area contributed by atoms with Gasteiger partial charge in [-0.2, -0.15) is 6.08 Å². The Kier molecular flexibility index (Phi) is 12.6. The molecule has 0 spiro atoms. The summed E-state index contributed by atoms with van der Waals surface area (Å²) in [5, 5.41) is 5.01. The van der Waals surface area contributed by atoms with Crippen molar-refractivity contribution in [2.45, 2.75) is 20.3 Å². The maximum Gasteiger partial charge on any atom is -0.109 e. The maximum atomic E-state index is 5.39. The zero-order chi connectivity index (χ0) is 17.4. The molecule has 26 heavy (non-hydrogen) atoms. The van der Waals surface area contributed by atoms with E-state index in [-0.39, 0.29) is 24.8 Å². The summed E-state index contributed by atoms with van der Waals surface area (Å²) in [6, 6.07) is 16.8. The van der Waals surface area contributed by atoms with Crippen molar-refractivity contribution in [1.29, 1.82) is 0 Å². The third kappa shape index (κ3) is 7.26. The summed E-state index contributed by atoms with van der Waals surface area (Å²) in [5.74, 6) is 0.952. The Morgan fingerprint density at radius 1 is 1.04 bits per heavy atom. The molecule has 1 aliphatic rings. The van der Waals surface area contributed by atoms with Gasteiger partial charge in [-0.05, 0) is 6.07 Å². The van der Waals surface area contributed by atoms with Crippen LogP contribution in [0.25, 0.3) is 21.5 Å². The number of hydrogen-bond acceptors (Lipinski definition) is 1. The van der Waals surface area contributed by atoms with E-state index in [2.05, 4.69) is 62.4 Å². The number of methoxy groups -OCH3 is 1.